The molecule has 0 spiro atoms. The van der Waals surface area contributed by atoms with Crippen molar-refractivity contribution in [3.8, 4) is 28.1 Å². The Kier molecular flexibility index (Phi) is 4.58. The van der Waals surface area contributed by atoms with Crippen LogP contribution < -0.4 is 0 Å². The fraction of sp³-hybridized carbons (Fsp3) is 0.0698. The van der Waals surface area contributed by atoms with Gasteiger partial charge in [-0.1, -0.05) is 147 Å². The van der Waals surface area contributed by atoms with Crippen LogP contribution in [0.2, 0.25) is 0 Å². The Bertz CT molecular complexity index is 2610. The van der Waals surface area contributed by atoms with E-state index in [9.17, 15) is 0 Å². The van der Waals surface area contributed by atoms with E-state index < -0.39 is 0 Å². The highest BCUT2D eigenvalue weighted by Gasteiger charge is 2.41. The second kappa shape index (κ2) is 8.36. The van der Waals surface area contributed by atoms with Gasteiger partial charge in [0.05, 0.1) is 16.9 Å². The summed E-state index contributed by atoms with van der Waals surface area (Å²) in [5, 5.41) is 11.8. The van der Waals surface area contributed by atoms with Crippen LogP contribution >= 0.6 is 0 Å². The van der Waals surface area contributed by atoms with E-state index in [1.807, 2.05) is 0 Å². The summed E-state index contributed by atoms with van der Waals surface area (Å²) in [6.45, 7) is 4.79. The number of aromatic nitrogens is 1. The number of rotatable bonds is 2. The lowest BCUT2D eigenvalue weighted by molar-refractivity contribution is 0.666. The van der Waals surface area contributed by atoms with Crippen LogP contribution in [0.5, 0.6) is 0 Å². The summed E-state index contributed by atoms with van der Waals surface area (Å²) >= 11 is 0. The molecular weight excluding hydrogens is 530 g/mol. The smallest absolute Gasteiger partial charge is 0.0617 e. The van der Waals surface area contributed by atoms with Crippen molar-refractivity contribution < 1.29 is 0 Å². The second-order valence-corrected chi connectivity index (χ2v) is 12.9. The normalized spacial score (nSPS) is 13.9. The van der Waals surface area contributed by atoms with Gasteiger partial charge in [-0.3, -0.25) is 0 Å². The van der Waals surface area contributed by atoms with Gasteiger partial charge in [-0.25, -0.2) is 0 Å². The first-order chi connectivity index (χ1) is 21.6. The zero-order valence-electron chi connectivity index (χ0n) is 24.7. The van der Waals surface area contributed by atoms with Gasteiger partial charge in [0.15, 0.2) is 0 Å². The molecule has 0 unspecified atom stereocenters. The van der Waals surface area contributed by atoms with Crippen molar-refractivity contribution in [2.24, 2.45) is 0 Å². The van der Waals surface area contributed by atoms with Crippen molar-refractivity contribution in [3.05, 3.63) is 151 Å². The van der Waals surface area contributed by atoms with Gasteiger partial charge in [0.1, 0.15) is 0 Å². The highest BCUT2D eigenvalue weighted by Crippen LogP contribution is 2.55. The molecule has 0 saturated heterocycles. The van der Waals surface area contributed by atoms with Crippen LogP contribution in [0.25, 0.3) is 82.1 Å². The predicted octanol–water partition coefficient (Wildman–Crippen LogP) is 11.7. The number of hydrogen-bond acceptors (Lipinski definition) is 0. The van der Waals surface area contributed by atoms with Crippen LogP contribution in [0.1, 0.15) is 25.0 Å². The molecule has 0 bridgehead atoms. The molecule has 1 heteroatoms. The Labute approximate surface area is 255 Å². The summed E-state index contributed by atoms with van der Waals surface area (Å²) in [4.78, 5) is 0. The standard InChI is InChI=1S/C43H29N/c1-43(2)36-18-6-5-15-34(36)42-40(43)35-17-9-16-33(41(35)44(42)37-19-8-11-26-10-3-4-14-30(26)37)31-24-22-29-21-20-27-12-7-13-28-23-25-32(31)39(29)38(27)28/h3-25H,1-2H3. The summed E-state index contributed by atoms with van der Waals surface area (Å²) in [6.07, 6.45) is 0. The molecule has 0 saturated carbocycles. The number of hydrogen-bond donors (Lipinski definition) is 0. The molecule has 206 valence electrons. The van der Waals surface area contributed by atoms with Crippen LogP contribution in [0.4, 0.5) is 0 Å². The molecule has 1 aromatic heterocycles. The monoisotopic (exact) mass is 559 g/mol. The van der Waals surface area contributed by atoms with Gasteiger partial charge in [-0.2, -0.15) is 0 Å². The Hall–Kier alpha value is -5.40. The maximum absolute atomic E-state index is 2.59. The summed E-state index contributed by atoms with van der Waals surface area (Å²) in [6, 6.07) is 52.0. The minimum atomic E-state index is -0.124. The molecule has 1 nitrogen and oxygen atoms in total. The predicted molar refractivity (Wildman–Crippen MR) is 187 cm³/mol. The van der Waals surface area contributed by atoms with Crippen molar-refractivity contribution >= 4 is 54.0 Å². The summed E-state index contributed by atoms with van der Waals surface area (Å²) in [5.41, 5.74) is 10.4. The van der Waals surface area contributed by atoms with Gasteiger partial charge in [-0.05, 0) is 60.5 Å². The van der Waals surface area contributed by atoms with E-state index >= 15 is 0 Å². The zero-order valence-corrected chi connectivity index (χ0v) is 24.7. The molecule has 0 radical (unpaired) electrons. The third-order valence-electron chi connectivity index (χ3n) is 10.3. The first-order valence-electron chi connectivity index (χ1n) is 15.5. The van der Waals surface area contributed by atoms with Gasteiger partial charge < -0.3 is 4.57 Å². The van der Waals surface area contributed by atoms with Crippen molar-refractivity contribution in [1.82, 2.24) is 4.57 Å². The Morgan fingerprint density at radius 3 is 1.93 bits per heavy atom. The van der Waals surface area contributed by atoms with Crippen LogP contribution in [0.3, 0.4) is 0 Å². The molecular formula is C43H29N. The average molecular weight is 560 g/mol. The lowest BCUT2D eigenvalue weighted by Gasteiger charge is -2.22. The molecule has 0 amide bonds. The lowest BCUT2D eigenvalue weighted by Crippen LogP contribution is -2.14. The maximum atomic E-state index is 2.59. The van der Waals surface area contributed by atoms with E-state index in [1.54, 1.807) is 0 Å². The highest BCUT2D eigenvalue weighted by atomic mass is 15.0. The molecule has 1 aliphatic rings. The minimum Gasteiger partial charge on any atom is -0.308 e. The SMILES string of the molecule is CC1(C)c2ccccc2-c2c1c1cccc(-c3ccc4ccc5cccc6ccc3c4c56)c1n2-c1cccc2ccccc12. The van der Waals surface area contributed by atoms with E-state index in [2.05, 4.69) is 158 Å². The Balaban J connectivity index is 1.41. The Morgan fingerprint density at radius 1 is 0.432 bits per heavy atom. The van der Waals surface area contributed by atoms with Gasteiger partial charge in [-0.15, -0.1) is 0 Å². The largest absolute Gasteiger partial charge is 0.308 e. The Morgan fingerprint density at radius 2 is 1.05 bits per heavy atom. The fourth-order valence-corrected chi connectivity index (χ4v) is 8.43. The molecule has 9 aromatic rings. The molecule has 1 heterocycles. The summed E-state index contributed by atoms with van der Waals surface area (Å²) in [5.74, 6) is 0. The minimum absolute atomic E-state index is 0.124. The van der Waals surface area contributed by atoms with Crippen LogP contribution in [-0.4, -0.2) is 4.57 Å². The maximum Gasteiger partial charge on any atom is 0.0617 e. The topological polar surface area (TPSA) is 4.93 Å². The van der Waals surface area contributed by atoms with Gasteiger partial charge >= 0.3 is 0 Å². The van der Waals surface area contributed by atoms with E-state index in [0.29, 0.717) is 0 Å². The number of fused-ring (bicyclic) bond motifs is 6. The van der Waals surface area contributed by atoms with E-state index in [-0.39, 0.29) is 5.41 Å². The molecule has 8 aromatic carbocycles. The van der Waals surface area contributed by atoms with E-state index in [4.69, 9.17) is 0 Å². The van der Waals surface area contributed by atoms with E-state index in [1.165, 1.54) is 93.2 Å². The first-order valence-corrected chi connectivity index (χ1v) is 15.5. The molecule has 44 heavy (non-hydrogen) atoms. The van der Waals surface area contributed by atoms with Crippen molar-refractivity contribution in [2.45, 2.75) is 19.3 Å². The van der Waals surface area contributed by atoms with Crippen LogP contribution in [0, 0.1) is 0 Å². The lowest BCUT2D eigenvalue weighted by atomic mass is 9.81. The molecule has 0 atom stereocenters. The van der Waals surface area contributed by atoms with Gasteiger partial charge in [0.2, 0.25) is 0 Å². The van der Waals surface area contributed by atoms with Crippen molar-refractivity contribution in [2.75, 3.05) is 0 Å². The zero-order chi connectivity index (χ0) is 29.2. The molecule has 1 aliphatic carbocycles. The summed E-state index contributed by atoms with van der Waals surface area (Å²) in [7, 11) is 0. The second-order valence-electron chi connectivity index (χ2n) is 12.9. The van der Waals surface area contributed by atoms with Crippen molar-refractivity contribution in [1.29, 1.82) is 0 Å². The number of nitrogens with zero attached hydrogens (tertiary/aromatic N) is 1. The van der Waals surface area contributed by atoms with Gasteiger partial charge in [0.25, 0.3) is 0 Å². The first kappa shape index (κ1) is 24.1. The molecule has 10 rings (SSSR count). The number of para-hydroxylation sites is 1. The summed E-state index contributed by atoms with van der Waals surface area (Å²) < 4.78 is 2.59. The molecule has 0 fully saturated rings. The van der Waals surface area contributed by atoms with E-state index in [0.717, 1.165) is 0 Å². The quantitative estimate of drug-likeness (QED) is 0.186. The van der Waals surface area contributed by atoms with Crippen LogP contribution in [0.15, 0.2) is 140 Å². The van der Waals surface area contributed by atoms with Gasteiger partial charge in [0, 0.05) is 27.3 Å². The van der Waals surface area contributed by atoms with Crippen LogP contribution in [-0.2, 0) is 5.41 Å². The third-order valence-corrected chi connectivity index (χ3v) is 10.3. The van der Waals surface area contributed by atoms with Crippen molar-refractivity contribution in [3.63, 3.8) is 0 Å². The molecule has 0 N–H and O–H groups in total. The number of benzene rings is 8. The third kappa shape index (κ3) is 2.94. The fourth-order valence-electron chi connectivity index (χ4n) is 8.43. The average Bonchev–Trinajstić information content (AvgIpc) is 3.54. The molecule has 0 aliphatic heterocycles. The highest BCUT2D eigenvalue weighted by molar-refractivity contribution is 6.26.